The van der Waals surface area contributed by atoms with E-state index in [9.17, 15) is 24.0 Å². The maximum atomic E-state index is 13.4. The second-order valence-electron chi connectivity index (χ2n) is 10.4. The number of ether oxygens (including phenoxy) is 5. The minimum Gasteiger partial charge on any atom is -0.493 e. The fraction of sp³-hybridized carbons (Fsp3) is 0.467. The molecule has 12 heteroatoms. The minimum absolute atomic E-state index is 0.0693. The van der Waals surface area contributed by atoms with E-state index in [2.05, 4.69) is 10.3 Å². The molecule has 2 heterocycles. The molecule has 1 fully saturated rings. The number of carbonyl (C=O) groups is 5. The number of carbonyl (C=O) groups excluding carboxylic acids is 5. The molecule has 0 bridgehead atoms. The summed E-state index contributed by atoms with van der Waals surface area (Å²) in [5.41, 5.74) is 0.446. The van der Waals surface area contributed by atoms with Crippen molar-refractivity contribution < 1.29 is 47.7 Å². The van der Waals surface area contributed by atoms with E-state index in [1.54, 1.807) is 39.8 Å². The number of amides is 1. The first-order chi connectivity index (χ1) is 19.9. The van der Waals surface area contributed by atoms with Gasteiger partial charge >= 0.3 is 23.9 Å². The number of esters is 4. The molecule has 3 rings (SSSR count). The van der Waals surface area contributed by atoms with Crippen LogP contribution in [0.15, 0.2) is 42.6 Å². The minimum atomic E-state index is -1.46. The number of nitrogens with zero attached hydrogens (tertiary/aromatic N) is 1. The monoisotopic (exact) mass is 584 g/mol. The molecule has 2 unspecified atom stereocenters. The van der Waals surface area contributed by atoms with Gasteiger partial charge in [0.1, 0.15) is 18.6 Å². The average molecular weight is 585 g/mol. The summed E-state index contributed by atoms with van der Waals surface area (Å²) in [5, 5.41) is 2.45. The summed E-state index contributed by atoms with van der Waals surface area (Å²) in [6.07, 6.45) is -0.816. The van der Waals surface area contributed by atoms with Crippen LogP contribution in [-0.2, 0) is 39.8 Å². The molecule has 0 spiro atoms. The molecule has 1 aromatic carbocycles. The molecular weight excluding hydrogens is 548 g/mol. The van der Waals surface area contributed by atoms with Crippen LogP contribution in [0, 0.1) is 17.8 Å². The highest BCUT2D eigenvalue weighted by Gasteiger charge is 2.42. The number of pyridine rings is 1. The zero-order valence-electron chi connectivity index (χ0n) is 24.4. The molecule has 226 valence electrons. The number of benzene rings is 1. The Bertz CT molecular complexity index is 1290. The summed E-state index contributed by atoms with van der Waals surface area (Å²) in [6.45, 7) is 7.44. The zero-order valence-corrected chi connectivity index (χ0v) is 24.4. The SMILES string of the molecule is COc1ccnc(C(=O)NC2COC(=O)[C@H](Cc3ccccc3)C(OC(=O)C(C)C)[C@H](C)OC2=O)c1OC(=O)C(C)C. The van der Waals surface area contributed by atoms with Crippen molar-refractivity contribution in [1.82, 2.24) is 10.3 Å². The van der Waals surface area contributed by atoms with Crippen molar-refractivity contribution in [3.63, 3.8) is 0 Å². The number of aromatic nitrogens is 1. The fourth-order valence-corrected chi connectivity index (χ4v) is 4.05. The first kappa shape index (κ1) is 32.0. The highest BCUT2D eigenvalue weighted by molar-refractivity contribution is 5.99. The van der Waals surface area contributed by atoms with E-state index < -0.39 is 72.4 Å². The highest BCUT2D eigenvalue weighted by atomic mass is 16.6. The molecule has 0 saturated carbocycles. The second kappa shape index (κ2) is 14.4. The van der Waals surface area contributed by atoms with Crippen LogP contribution in [0.25, 0.3) is 0 Å². The molecule has 42 heavy (non-hydrogen) atoms. The number of nitrogens with one attached hydrogen (secondary N) is 1. The molecule has 0 radical (unpaired) electrons. The number of cyclic esters (lactones) is 2. The lowest BCUT2D eigenvalue weighted by atomic mass is 9.91. The first-order valence-electron chi connectivity index (χ1n) is 13.6. The van der Waals surface area contributed by atoms with Gasteiger partial charge in [-0.05, 0) is 18.9 Å². The Balaban J connectivity index is 1.90. The predicted molar refractivity (Wildman–Crippen MR) is 147 cm³/mol. The Morgan fingerprint density at radius 2 is 1.67 bits per heavy atom. The van der Waals surface area contributed by atoms with Crippen molar-refractivity contribution in [2.24, 2.45) is 17.8 Å². The van der Waals surface area contributed by atoms with Crippen molar-refractivity contribution in [2.75, 3.05) is 13.7 Å². The van der Waals surface area contributed by atoms with Crippen LogP contribution in [0.4, 0.5) is 0 Å². The molecule has 1 saturated heterocycles. The fourth-order valence-electron chi connectivity index (χ4n) is 4.05. The van der Waals surface area contributed by atoms with Gasteiger partial charge in [0.05, 0.1) is 18.9 Å². The van der Waals surface area contributed by atoms with Gasteiger partial charge in [-0.25, -0.2) is 9.78 Å². The lowest BCUT2D eigenvalue weighted by molar-refractivity contribution is -0.176. The van der Waals surface area contributed by atoms with Gasteiger partial charge in [-0.3, -0.25) is 19.2 Å². The van der Waals surface area contributed by atoms with Crippen LogP contribution >= 0.6 is 0 Å². The molecule has 1 N–H and O–H groups in total. The summed E-state index contributed by atoms with van der Waals surface area (Å²) in [7, 11) is 1.33. The van der Waals surface area contributed by atoms with Gasteiger partial charge < -0.3 is 29.0 Å². The van der Waals surface area contributed by atoms with Crippen LogP contribution in [0.2, 0.25) is 0 Å². The maximum absolute atomic E-state index is 13.4. The lowest BCUT2D eigenvalue weighted by Crippen LogP contribution is -2.47. The van der Waals surface area contributed by atoms with Gasteiger partial charge in [-0.1, -0.05) is 58.0 Å². The average Bonchev–Trinajstić information content (AvgIpc) is 2.99. The van der Waals surface area contributed by atoms with Gasteiger partial charge in [0.2, 0.25) is 5.75 Å². The topological polar surface area (TPSA) is 156 Å². The molecule has 2 aromatic rings. The van der Waals surface area contributed by atoms with Gasteiger partial charge in [-0.2, -0.15) is 0 Å². The summed E-state index contributed by atoms with van der Waals surface area (Å²) >= 11 is 0. The van der Waals surface area contributed by atoms with E-state index in [4.69, 9.17) is 23.7 Å². The van der Waals surface area contributed by atoms with Gasteiger partial charge in [0, 0.05) is 12.3 Å². The summed E-state index contributed by atoms with van der Waals surface area (Å²) < 4.78 is 27.4. The number of methoxy groups -OCH3 is 1. The molecule has 1 aromatic heterocycles. The zero-order chi connectivity index (χ0) is 31.0. The maximum Gasteiger partial charge on any atom is 0.332 e. The molecule has 1 aliphatic heterocycles. The molecule has 1 aliphatic rings. The third-order valence-electron chi connectivity index (χ3n) is 6.45. The first-order valence-corrected chi connectivity index (χ1v) is 13.6. The Morgan fingerprint density at radius 3 is 2.29 bits per heavy atom. The van der Waals surface area contributed by atoms with Crippen molar-refractivity contribution in [3.8, 4) is 11.5 Å². The smallest absolute Gasteiger partial charge is 0.332 e. The molecular formula is C30H36N2O10. The van der Waals surface area contributed by atoms with Gasteiger partial charge in [0.25, 0.3) is 5.91 Å². The van der Waals surface area contributed by atoms with E-state index in [-0.39, 0.29) is 23.6 Å². The largest absolute Gasteiger partial charge is 0.493 e. The second-order valence-corrected chi connectivity index (χ2v) is 10.4. The summed E-state index contributed by atoms with van der Waals surface area (Å²) in [5.74, 6) is -5.98. The number of rotatable bonds is 9. The highest BCUT2D eigenvalue weighted by Crippen LogP contribution is 2.31. The van der Waals surface area contributed by atoms with Gasteiger partial charge in [-0.15, -0.1) is 0 Å². The van der Waals surface area contributed by atoms with Crippen LogP contribution < -0.4 is 14.8 Å². The molecule has 1 amide bonds. The predicted octanol–water partition coefficient (Wildman–Crippen LogP) is 2.67. The van der Waals surface area contributed by atoms with E-state index >= 15 is 0 Å². The Morgan fingerprint density at radius 1 is 1.00 bits per heavy atom. The molecule has 12 nitrogen and oxygen atoms in total. The van der Waals surface area contributed by atoms with Crippen molar-refractivity contribution >= 4 is 29.8 Å². The standard InChI is InChI=1S/C30H36N2O10/c1-16(2)27(34)41-24-18(5)40-30(37)21(15-39-29(36)20(24)14-19-10-8-7-9-11-19)32-26(33)23-25(42-28(35)17(3)4)22(38-6)12-13-31-23/h7-13,16-18,20-21,24H,14-15H2,1-6H3,(H,32,33)/t18-,20+,21?,24?/m0/s1. The third kappa shape index (κ3) is 8.05. The Labute approximate surface area is 244 Å². The number of hydrogen-bond donors (Lipinski definition) is 1. The van der Waals surface area contributed by atoms with E-state index in [1.165, 1.54) is 26.3 Å². The van der Waals surface area contributed by atoms with E-state index in [1.807, 2.05) is 18.2 Å². The van der Waals surface area contributed by atoms with Crippen LogP contribution in [0.3, 0.4) is 0 Å². The van der Waals surface area contributed by atoms with Crippen molar-refractivity contribution in [1.29, 1.82) is 0 Å². The summed E-state index contributed by atoms with van der Waals surface area (Å²) in [6, 6.07) is 9.01. The molecule has 0 aliphatic carbocycles. The van der Waals surface area contributed by atoms with E-state index in [0.29, 0.717) is 0 Å². The normalized spacial score (nSPS) is 20.9. The van der Waals surface area contributed by atoms with Crippen LogP contribution in [0.1, 0.15) is 50.7 Å². The Kier molecular flexibility index (Phi) is 11.0. The van der Waals surface area contributed by atoms with E-state index in [0.717, 1.165) is 5.56 Å². The number of hydrogen-bond acceptors (Lipinski definition) is 11. The van der Waals surface area contributed by atoms with Gasteiger partial charge in [0.15, 0.2) is 23.6 Å². The summed E-state index contributed by atoms with van der Waals surface area (Å²) in [4.78, 5) is 68.8. The third-order valence-corrected chi connectivity index (χ3v) is 6.45. The molecule has 4 atom stereocenters. The quantitative estimate of drug-likeness (QED) is 0.341. The van der Waals surface area contributed by atoms with Crippen LogP contribution in [-0.4, -0.2) is 66.7 Å². The van der Waals surface area contributed by atoms with Crippen molar-refractivity contribution in [3.05, 3.63) is 53.9 Å². The Hall–Kier alpha value is -4.48. The van der Waals surface area contributed by atoms with Crippen LogP contribution in [0.5, 0.6) is 11.5 Å². The lowest BCUT2D eigenvalue weighted by Gasteiger charge is -2.29. The van der Waals surface area contributed by atoms with Crippen molar-refractivity contribution in [2.45, 2.75) is 59.3 Å².